The normalized spacial score (nSPS) is 15.8. The van der Waals surface area contributed by atoms with Gasteiger partial charge in [-0.2, -0.15) is 0 Å². The quantitative estimate of drug-likeness (QED) is 0.271. The first-order valence-corrected chi connectivity index (χ1v) is 12.7. The van der Waals surface area contributed by atoms with Crippen LogP contribution in [0.5, 0.6) is 5.75 Å². The van der Waals surface area contributed by atoms with Crippen LogP contribution in [0.4, 0.5) is 8.78 Å². The van der Waals surface area contributed by atoms with E-state index in [1.54, 1.807) is 24.3 Å². The molecule has 0 amide bonds. The summed E-state index contributed by atoms with van der Waals surface area (Å²) in [7, 11) is 0. The molecule has 0 spiro atoms. The number of hydrogen-bond acceptors (Lipinski definition) is 2. The van der Waals surface area contributed by atoms with Gasteiger partial charge in [0.15, 0.2) is 0 Å². The summed E-state index contributed by atoms with van der Waals surface area (Å²) in [6.45, 7) is 7.13. The molecule has 1 aliphatic rings. The third-order valence-corrected chi connectivity index (χ3v) is 7.40. The number of benzene rings is 3. The predicted molar refractivity (Wildman–Crippen MR) is 135 cm³/mol. The maximum Gasteiger partial charge on any atom is 0.254 e. The minimum Gasteiger partial charge on any atom is -0.493 e. The average Bonchev–Trinajstić information content (AvgIpc) is 2.88. The molecule has 1 aliphatic heterocycles. The van der Waals surface area contributed by atoms with E-state index >= 15 is 0 Å². The van der Waals surface area contributed by atoms with E-state index in [0.29, 0.717) is 34.7 Å². The molecule has 0 bridgehead atoms. The molecule has 0 saturated carbocycles. The summed E-state index contributed by atoms with van der Waals surface area (Å²) in [5.74, 6) is 0.615. The molecule has 1 fully saturated rings. The Bertz CT molecular complexity index is 1030. The Hall–Kier alpha value is -2.76. The molecule has 35 heavy (non-hydrogen) atoms. The van der Waals surface area contributed by atoms with Crippen molar-refractivity contribution in [2.75, 3.05) is 26.2 Å². The summed E-state index contributed by atoms with van der Waals surface area (Å²) in [6, 6.07) is 20.4. The zero-order valence-corrected chi connectivity index (χ0v) is 20.7. The minimum absolute atomic E-state index is 0.350. The van der Waals surface area contributed by atoms with Crippen molar-refractivity contribution < 1.29 is 23.1 Å². The molecule has 4 rings (SSSR count). The van der Waals surface area contributed by atoms with E-state index < -0.39 is 5.72 Å². The van der Waals surface area contributed by atoms with Crippen LogP contribution < -0.4 is 4.74 Å². The van der Waals surface area contributed by atoms with Crippen LogP contribution in [0.25, 0.3) is 0 Å². The lowest BCUT2D eigenvalue weighted by Crippen LogP contribution is -2.65. The van der Waals surface area contributed by atoms with Gasteiger partial charge in [0.05, 0.1) is 26.2 Å². The smallest absolute Gasteiger partial charge is 0.254 e. The molecular formula is C30H36F2NO2+. The van der Waals surface area contributed by atoms with E-state index in [1.165, 1.54) is 29.8 Å². The molecule has 0 aromatic heterocycles. The first-order valence-electron chi connectivity index (χ1n) is 12.7. The topological polar surface area (TPSA) is 29.5 Å². The van der Waals surface area contributed by atoms with Crippen LogP contribution in [-0.4, -0.2) is 35.8 Å². The second kappa shape index (κ2) is 10.9. The predicted octanol–water partition coefficient (Wildman–Crippen LogP) is 6.75. The maximum absolute atomic E-state index is 13.8. The van der Waals surface area contributed by atoms with Gasteiger partial charge in [-0.1, -0.05) is 26.0 Å². The van der Waals surface area contributed by atoms with E-state index in [2.05, 4.69) is 26.0 Å². The number of ether oxygens (including phenoxy) is 1. The summed E-state index contributed by atoms with van der Waals surface area (Å²) in [5, 5.41) is 12.5. The Labute approximate surface area is 207 Å². The second-order valence-electron chi connectivity index (χ2n) is 9.99. The maximum atomic E-state index is 13.8. The van der Waals surface area contributed by atoms with Gasteiger partial charge in [-0.3, -0.25) is 4.48 Å². The number of aliphatic hydroxyl groups is 1. The van der Waals surface area contributed by atoms with Gasteiger partial charge < -0.3 is 9.84 Å². The lowest BCUT2D eigenvalue weighted by Gasteiger charge is -2.52. The van der Waals surface area contributed by atoms with Gasteiger partial charge in [0.1, 0.15) is 17.4 Å². The first kappa shape index (κ1) is 25.3. The Morgan fingerprint density at radius 1 is 0.800 bits per heavy atom. The largest absolute Gasteiger partial charge is 0.493 e. The number of quaternary nitrogens is 1. The van der Waals surface area contributed by atoms with Gasteiger partial charge in [0.2, 0.25) is 0 Å². The minimum atomic E-state index is -1.42. The highest BCUT2D eigenvalue weighted by atomic mass is 19.1. The first-order chi connectivity index (χ1) is 16.8. The summed E-state index contributed by atoms with van der Waals surface area (Å²) in [6.07, 6.45) is 3.84. The molecule has 0 aliphatic carbocycles. The lowest BCUT2D eigenvalue weighted by atomic mass is 9.87. The van der Waals surface area contributed by atoms with Crippen molar-refractivity contribution in [3.8, 4) is 5.75 Å². The zero-order chi connectivity index (χ0) is 24.9. The molecule has 0 unspecified atom stereocenters. The van der Waals surface area contributed by atoms with Crippen LogP contribution in [0, 0.1) is 11.6 Å². The molecule has 3 nitrogen and oxygen atoms in total. The highest BCUT2D eigenvalue weighted by Crippen LogP contribution is 2.42. The molecular weight excluding hydrogens is 444 g/mol. The fraction of sp³-hybridized carbons (Fsp3) is 0.400. The summed E-state index contributed by atoms with van der Waals surface area (Å²) >= 11 is 0. The number of halogens is 2. The second-order valence-corrected chi connectivity index (χ2v) is 9.99. The van der Waals surface area contributed by atoms with Gasteiger partial charge in [0, 0.05) is 17.5 Å². The number of nitrogens with zero attached hydrogens (tertiary/aromatic N) is 1. The highest BCUT2D eigenvalue weighted by Gasteiger charge is 2.52. The summed E-state index contributed by atoms with van der Waals surface area (Å²) in [5.41, 5.74) is 1.11. The van der Waals surface area contributed by atoms with Gasteiger partial charge >= 0.3 is 0 Å². The van der Waals surface area contributed by atoms with Crippen LogP contribution in [-0.2, 0) is 5.72 Å². The zero-order valence-electron chi connectivity index (χ0n) is 20.7. The van der Waals surface area contributed by atoms with Crippen LogP contribution in [0.3, 0.4) is 0 Å². The van der Waals surface area contributed by atoms with Crippen molar-refractivity contribution in [2.45, 2.75) is 51.2 Å². The Kier molecular flexibility index (Phi) is 7.88. The van der Waals surface area contributed by atoms with Crippen LogP contribution >= 0.6 is 0 Å². The standard InChI is InChI=1S/C30H36F2NO2/c1-23(2)24-7-17-29(18-8-24)35-22-6-21-33(19-4-3-5-20-33)30(34,25-9-13-27(31)14-10-25)26-11-15-28(32)16-12-26/h7-18,23,34H,3-6,19-22H2,1-2H3/q+1. The molecule has 3 aromatic rings. The number of likely N-dealkylation sites (tertiary alicyclic amines) is 1. The molecule has 1 N–H and O–H groups in total. The summed E-state index contributed by atoms with van der Waals surface area (Å²) in [4.78, 5) is 0. The van der Waals surface area contributed by atoms with Gasteiger partial charge in [-0.15, -0.1) is 0 Å². The number of piperidine rings is 1. The monoisotopic (exact) mass is 480 g/mol. The average molecular weight is 481 g/mol. The van der Waals surface area contributed by atoms with E-state index in [-0.39, 0.29) is 11.6 Å². The SMILES string of the molecule is CC(C)c1ccc(OCCC[N+]2(C(O)(c3ccc(F)cc3)c3ccc(F)cc3)CCCCC2)cc1. The molecule has 1 saturated heterocycles. The number of hydrogen-bond donors (Lipinski definition) is 1. The van der Waals surface area contributed by atoms with Crippen molar-refractivity contribution in [1.82, 2.24) is 0 Å². The Balaban J connectivity index is 1.60. The Morgan fingerprint density at radius 3 is 1.80 bits per heavy atom. The van der Waals surface area contributed by atoms with Crippen molar-refractivity contribution in [1.29, 1.82) is 0 Å². The van der Waals surface area contributed by atoms with E-state index in [1.807, 2.05) is 12.1 Å². The van der Waals surface area contributed by atoms with Crippen molar-refractivity contribution in [3.63, 3.8) is 0 Å². The molecule has 0 radical (unpaired) electrons. The van der Waals surface area contributed by atoms with E-state index in [9.17, 15) is 13.9 Å². The molecule has 3 aromatic carbocycles. The van der Waals surface area contributed by atoms with Crippen LogP contribution in [0.15, 0.2) is 72.8 Å². The van der Waals surface area contributed by atoms with E-state index in [0.717, 1.165) is 44.5 Å². The molecule has 0 atom stereocenters. The van der Waals surface area contributed by atoms with Crippen molar-refractivity contribution in [2.24, 2.45) is 0 Å². The van der Waals surface area contributed by atoms with Crippen molar-refractivity contribution >= 4 is 0 Å². The van der Waals surface area contributed by atoms with Crippen LogP contribution in [0.1, 0.15) is 62.1 Å². The van der Waals surface area contributed by atoms with Gasteiger partial charge in [-0.25, -0.2) is 8.78 Å². The molecule has 5 heteroatoms. The Morgan fingerprint density at radius 2 is 1.31 bits per heavy atom. The lowest BCUT2D eigenvalue weighted by molar-refractivity contribution is -1.00. The third kappa shape index (κ3) is 5.41. The van der Waals surface area contributed by atoms with E-state index in [4.69, 9.17) is 4.74 Å². The van der Waals surface area contributed by atoms with Gasteiger partial charge in [-0.05, 0) is 91.4 Å². The van der Waals surface area contributed by atoms with Crippen molar-refractivity contribution in [3.05, 3.63) is 101 Å². The summed E-state index contributed by atoms with van der Waals surface area (Å²) < 4.78 is 34.0. The highest BCUT2D eigenvalue weighted by molar-refractivity contribution is 5.34. The molecule has 186 valence electrons. The fourth-order valence-electron chi connectivity index (χ4n) is 5.41. The van der Waals surface area contributed by atoms with Crippen LogP contribution in [0.2, 0.25) is 0 Å². The third-order valence-electron chi connectivity index (χ3n) is 7.40. The molecule has 1 heterocycles. The fourth-order valence-corrected chi connectivity index (χ4v) is 5.41. The number of rotatable bonds is 9. The van der Waals surface area contributed by atoms with Gasteiger partial charge in [0.25, 0.3) is 5.72 Å².